The van der Waals surface area contributed by atoms with Gasteiger partial charge in [0.2, 0.25) is 0 Å². The molecule has 0 saturated heterocycles. The van der Waals surface area contributed by atoms with Gasteiger partial charge in [-0.2, -0.15) is 8.78 Å². The fourth-order valence-corrected chi connectivity index (χ4v) is 7.58. The third kappa shape index (κ3) is 4.03. The molecule has 0 spiro atoms. The van der Waals surface area contributed by atoms with Crippen LogP contribution >= 0.6 is 0 Å². The molecule has 0 heterocycles. The Morgan fingerprint density at radius 1 is 0.283 bits per heavy atom. The molecule has 8 rings (SSSR count). The van der Waals surface area contributed by atoms with E-state index in [0.29, 0.717) is 27.8 Å². The lowest BCUT2D eigenvalue weighted by molar-refractivity contribution is 0.0285. The average Bonchev–Trinajstić information content (AvgIpc) is 3.56. The van der Waals surface area contributed by atoms with Crippen molar-refractivity contribution in [2.75, 3.05) is 0 Å². The van der Waals surface area contributed by atoms with Gasteiger partial charge in [-0.05, 0) is 61.2 Å². The molecular formula is C44H30F2. The van der Waals surface area contributed by atoms with E-state index in [4.69, 9.17) is 0 Å². The highest BCUT2D eigenvalue weighted by molar-refractivity contribution is 6.31. The maximum absolute atomic E-state index is 18.7. The molecule has 0 fully saturated rings. The maximum atomic E-state index is 18.7. The van der Waals surface area contributed by atoms with Crippen LogP contribution in [0.25, 0.3) is 27.9 Å². The molecule has 1 unspecified atom stereocenters. The second-order valence-corrected chi connectivity index (χ2v) is 11.8. The number of allylic oxidation sites excluding steroid dienone is 6. The highest BCUT2D eigenvalue weighted by Crippen LogP contribution is 2.74. The molecule has 220 valence electrons. The lowest BCUT2D eigenvalue weighted by Crippen LogP contribution is -2.44. The molecule has 0 nitrogen and oxygen atoms in total. The Morgan fingerprint density at radius 2 is 0.587 bits per heavy atom. The number of benzene rings is 6. The van der Waals surface area contributed by atoms with E-state index in [-0.39, 0.29) is 5.57 Å². The molecule has 0 aliphatic heterocycles. The highest BCUT2D eigenvalue weighted by atomic mass is 19.3. The number of fused-ring (bicyclic) bond motifs is 1. The van der Waals surface area contributed by atoms with Gasteiger partial charge in [-0.1, -0.05) is 182 Å². The van der Waals surface area contributed by atoms with Gasteiger partial charge in [0.1, 0.15) is 5.41 Å². The first-order valence-corrected chi connectivity index (χ1v) is 15.6. The molecule has 0 aromatic heterocycles. The molecule has 0 radical (unpaired) electrons. The summed E-state index contributed by atoms with van der Waals surface area (Å²) in [7, 11) is 0. The van der Waals surface area contributed by atoms with Gasteiger partial charge in [0, 0.05) is 5.57 Å². The Morgan fingerprint density at radius 3 is 1.00 bits per heavy atom. The standard InChI is InChI=1S/C44H30F2/c45-44(46)41(35-27-15-5-16-28-35)39(33-23-11-3-12-24-33)42-38(32-21-9-2-10-22-32)37(31-19-7-1-8-20-31)40(34-25-13-4-14-26-34)43(42,44)36-29-17-6-18-30-36/h1-30H. The minimum atomic E-state index is -3.35. The lowest BCUT2D eigenvalue weighted by Gasteiger charge is -2.39. The van der Waals surface area contributed by atoms with Gasteiger partial charge in [0.25, 0.3) is 5.92 Å². The van der Waals surface area contributed by atoms with Crippen molar-refractivity contribution >= 4 is 27.9 Å². The number of hydrogen-bond donors (Lipinski definition) is 0. The summed E-state index contributed by atoms with van der Waals surface area (Å²) in [5.74, 6) is -3.35. The fourth-order valence-electron chi connectivity index (χ4n) is 7.58. The zero-order valence-corrected chi connectivity index (χ0v) is 25.1. The Hall–Kier alpha value is -5.60. The van der Waals surface area contributed by atoms with Crippen LogP contribution in [0.2, 0.25) is 0 Å². The summed E-state index contributed by atoms with van der Waals surface area (Å²) in [5.41, 5.74) is 6.14. The number of alkyl halides is 2. The average molecular weight is 597 g/mol. The van der Waals surface area contributed by atoms with Gasteiger partial charge in [0.15, 0.2) is 0 Å². The SMILES string of the molecule is FC1(F)C(c2ccccc2)=C(c2ccccc2)C2=C(c3ccccc3)C(c3ccccc3)=C(c3ccccc3)C21c1ccccc1. The van der Waals surface area contributed by atoms with Crippen molar-refractivity contribution in [2.45, 2.75) is 11.3 Å². The van der Waals surface area contributed by atoms with Crippen molar-refractivity contribution in [1.82, 2.24) is 0 Å². The second kappa shape index (κ2) is 11.1. The zero-order chi connectivity index (χ0) is 31.1. The summed E-state index contributed by atoms with van der Waals surface area (Å²) in [6.45, 7) is 0. The first-order valence-electron chi connectivity index (χ1n) is 15.6. The van der Waals surface area contributed by atoms with Gasteiger partial charge in [-0.25, -0.2) is 0 Å². The van der Waals surface area contributed by atoms with E-state index < -0.39 is 11.3 Å². The molecule has 0 amide bonds. The van der Waals surface area contributed by atoms with E-state index in [1.807, 2.05) is 170 Å². The molecule has 0 saturated carbocycles. The molecule has 1 atom stereocenters. The van der Waals surface area contributed by atoms with Crippen LogP contribution < -0.4 is 0 Å². The minimum absolute atomic E-state index is 0.0483. The lowest BCUT2D eigenvalue weighted by atomic mass is 9.65. The van der Waals surface area contributed by atoms with Crippen LogP contribution in [-0.4, -0.2) is 5.92 Å². The predicted molar refractivity (Wildman–Crippen MR) is 186 cm³/mol. The Balaban J connectivity index is 1.66. The van der Waals surface area contributed by atoms with Crippen LogP contribution in [0, 0.1) is 0 Å². The minimum Gasteiger partial charge on any atom is -0.199 e. The van der Waals surface area contributed by atoms with Gasteiger partial charge < -0.3 is 0 Å². The topological polar surface area (TPSA) is 0 Å². The molecule has 0 N–H and O–H groups in total. The Labute approximate surface area is 268 Å². The summed E-state index contributed by atoms with van der Waals surface area (Å²) >= 11 is 0. The van der Waals surface area contributed by atoms with Crippen LogP contribution in [-0.2, 0) is 5.41 Å². The van der Waals surface area contributed by atoms with Crippen molar-refractivity contribution in [3.05, 3.63) is 221 Å². The van der Waals surface area contributed by atoms with Gasteiger partial charge in [0.05, 0.1) is 0 Å². The molecule has 46 heavy (non-hydrogen) atoms. The number of halogens is 2. The van der Waals surface area contributed by atoms with E-state index >= 15 is 8.78 Å². The van der Waals surface area contributed by atoms with Crippen molar-refractivity contribution in [1.29, 1.82) is 0 Å². The van der Waals surface area contributed by atoms with Crippen LogP contribution in [0.1, 0.15) is 33.4 Å². The molecule has 6 aromatic rings. The molecule has 0 bridgehead atoms. The molecular weight excluding hydrogens is 566 g/mol. The Kier molecular flexibility index (Phi) is 6.73. The van der Waals surface area contributed by atoms with Crippen molar-refractivity contribution in [2.24, 2.45) is 0 Å². The summed E-state index contributed by atoms with van der Waals surface area (Å²) in [6, 6.07) is 58.3. The second-order valence-electron chi connectivity index (χ2n) is 11.8. The first-order chi connectivity index (χ1) is 22.6. The van der Waals surface area contributed by atoms with Crippen LogP contribution in [0.4, 0.5) is 8.78 Å². The van der Waals surface area contributed by atoms with Gasteiger partial charge in [-0.3, -0.25) is 0 Å². The van der Waals surface area contributed by atoms with Crippen molar-refractivity contribution in [3.63, 3.8) is 0 Å². The van der Waals surface area contributed by atoms with Crippen LogP contribution in [0.5, 0.6) is 0 Å². The monoisotopic (exact) mass is 596 g/mol. The van der Waals surface area contributed by atoms with E-state index in [9.17, 15) is 0 Å². The van der Waals surface area contributed by atoms with Crippen LogP contribution in [0.3, 0.4) is 0 Å². The third-order valence-corrected chi connectivity index (χ3v) is 9.30. The highest BCUT2D eigenvalue weighted by Gasteiger charge is 2.70. The molecule has 2 aliphatic carbocycles. The van der Waals surface area contributed by atoms with Crippen molar-refractivity contribution < 1.29 is 8.78 Å². The van der Waals surface area contributed by atoms with Crippen LogP contribution in [0.15, 0.2) is 188 Å². The smallest absolute Gasteiger partial charge is 0.199 e. The largest absolute Gasteiger partial charge is 0.291 e. The Bertz CT molecular complexity index is 2110. The van der Waals surface area contributed by atoms with Crippen molar-refractivity contribution in [3.8, 4) is 0 Å². The van der Waals surface area contributed by atoms with E-state index in [0.717, 1.165) is 33.4 Å². The number of rotatable bonds is 6. The molecule has 6 aromatic carbocycles. The van der Waals surface area contributed by atoms with E-state index in [1.54, 1.807) is 0 Å². The summed E-state index contributed by atoms with van der Waals surface area (Å²) in [6.07, 6.45) is 0. The van der Waals surface area contributed by atoms with E-state index in [2.05, 4.69) is 12.1 Å². The van der Waals surface area contributed by atoms with E-state index in [1.165, 1.54) is 0 Å². The quantitative estimate of drug-likeness (QED) is 0.179. The van der Waals surface area contributed by atoms with Gasteiger partial charge in [-0.15, -0.1) is 0 Å². The first kappa shape index (κ1) is 27.9. The summed E-state index contributed by atoms with van der Waals surface area (Å²) in [5, 5.41) is 0. The fraction of sp³-hybridized carbons (Fsp3) is 0.0455. The molecule has 2 heteroatoms. The summed E-state index contributed by atoms with van der Waals surface area (Å²) < 4.78 is 37.4. The zero-order valence-electron chi connectivity index (χ0n) is 25.1. The number of hydrogen-bond acceptors (Lipinski definition) is 0. The normalized spacial score (nSPS) is 18.7. The summed E-state index contributed by atoms with van der Waals surface area (Å²) in [4.78, 5) is 0. The predicted octanol–water partition coefficient (Wildman–Crippen LogP) is 11.3. The maximum Gasteiger partial charge on any atom is 0.291 e. The third-order valence-electron chi connectivity index (χ3n) is 9.30. The van der Waals surface area contributed by atoms with Gasteiger partial charge >= 0.3 is 0 Å². The molecule has 2 aliphatic rings.